The Morgan fingerprint density at radius 3 is 1.20 bits per heavy atom. The molecule has 3 N–H and O–H groups in total. The molecule has 0 aromatic rings. The number of rotatable bonds is 0. The van der Waals surface area contributed by atoms with Crippen molar-refractivity contribution >= 4 is 0 Å². The molecule has 0 heterocycles. The standard InChI is InChI=1S/Mn.H2NO.H2O.O/c;1-2;;/h;1H2;1H2;/q+2;+1;;-2/p-1. The van der Waals surface area contributed by atoms with Crippen molar-refractivity contribution in [1.82, 2.24) is 0 Å². The van der Waals surface area contributed by atoms with Crippen LogP contribution in [-0.2, 0) is 22.5 Å². The van der Waals surface area contributed by atoms with E-state index in [0.717, 1.165) is 0 Å². The van der Waals surface area contributed by atoms with E-state index in [-0.39, 0.29) is 28.0 Å². The average Bonchev–Trinajstić information content (AvgIpc) is 1.00. The van der Waals surface area contributed by atoms with Gasteiger partial charge in [0.2, 0.25) is 0 Å². The van der Waals surface area contributed by atoms with Crippen molar-refractivity contribution in [2.75, 3.05) is 0 Å². The summed E-state index contributed by atoms with van der Waals surface area (Å²) in [5.74, 6) is 0. The summed E-state index contributed by atoms with van der Waals surface area (Å²) in [6.45, 7) is 0. The average molecular weight is 120 g/mol. The van der Waals surface area contributed by atoms with Gasteiger partial charge in [-0.2, -0.15) is 0 Å². The summed E-state index contributed by atoms with van der Waals surface area (Å²) in [6.07, 6.45) is 0. The number of nitroso groups, excluding NO2 is 1. The van der Waals surface area contributed by atoms with Crippen molar-refractivity contribution in [3.05, 3.63) is 4.91 Å². The van der Waals surface area contributed by atoms with E-state index in [1.165, 1.54) is 0 Å². The topological polar surface area (TPSA) is 101 Å². The molecule has 0 aromatic heterocycles. The predicted octanol–water partition coefficient (Wildman–Crippen LogP) is -1.79. The van der Waals surface area contributed by atoms with Gasteiger partial charge in [-0.05, 0) is 5.59 Å². The van der Waals surface area contributed by atoms with Gasteiger partial charge in [0.05, 0.1) is 0 Å². The van der Waals surface area contributed by atoms with Crippen LogP contribution in [0.4, 0.5) is 0 Å². The molecule has 5 heteroatoms. The molecule has 0 fully saturated rings. The Balaban J connectivity index is -0.00000000167. The zero-order valence-electron chi connectivity index (χ0n) is 2.22. The molecule has 0 spiro atoms. The summed E-state index contributed by atoms with van der Waals surface area (Å²) in [7, 11) is 0. The van der Waals surface area contributed by atoms with Crippen molar-refractivity contribution in [1.29, 1.82) is 0 Å². The maximum Gasteiger partial charge on any atom is 2.00 e. The Bertz CT molecular complexity index is 6.85. The van der Waals surface area contributed by atoms with Crippen molar-refractivity contribution in [3.63, 3.8) is 0 Å². The van der Waals surface area contributed by atoms with Crippen LogP contribution in [-0.4, -0.2) is 5.48 Å². The van der Waals surface area contributed by atoms with E-state index in [2.05, 4.69) is 5.59 Å². The van der Waals surface area contributed by atoms with E-state index < -0.39 is 0 Å². The van der Waals surface area contributed by atoms with E-state index in [0.29, 0.717) is 0 Å². The molecule has 0 rings (SSSR count). The number of hydrogen-bond donors (Lipinski definition) is 1. The van der Waals surface area contributed by atoms with Crippen LogP contribution >= 0.6 is 0 Å². The van der Waals surface area contributed by atoms with Gasteiger partial charge in [0.1, 0.15) is 0 Å². The SMILES string of the molecule is [Mn+2].[NH2+]=O.[O-2].[OH-]. The summed E-state index contributed by atoms with van der Waals surface area (Å²) in [5, 5.41) is 0. The van der Waals surface area contributed by atoms with E-state index in [1.807, 2.05) is 0 Å². The summed E-state index contributed by atoms with van der Waals surface area (Å²) in [5.41, 5.74) is 3.25. The Kier molecular flexibility index (Phi) is 364000. The Morgan fingerprint density at radius 1 is 1.20 bits per heavy atom. The molecule has 1 radical (unpaired) electrons. The minimum absolute atomic E-state index is 0. The van der Waals surface area contributed by atoms with Crippen LogP contribution in [0.3, 0.4) is 0 Å². The van der Waals surface area contributed by atoms with Crippen LogP contribution in [0, 0.1) is 4.91 Å². The van der Waals surface area contributed by atoms with Gasteiger partial charge in [0.25, 0.3) is 0 Å². The Labute approximate surface area is 39.4 Å². The zero-order valence-corrected chi connectivity index (χ0v) is 3.40. The smallest absolute Gasteiger partial charge is 2.00 e. The summed E-state index contributed by atoms with van der Waals surface area (Å²) in [6, 6.07) is 0. The second-order valence-electron chi connectivity index (χ2n) is 0. The minimum atomic E-state index is 0. The van der Waals surface area contributed by atoms with Crippen molar-refractivity contribution in [2.24, 2.45) is 0 Å². The maximum atomic E-state index is 7.75. The summed E-state index contributed by atoms with van der Waals surface area (Å²) in [4.78, 5) is 7.75. The van der Waals surface area contributed by atoms with Crippen LogP contribution in [0.5, 0.6) is 0 Å². The van der Waals surface area contributed by atoms with Gasteiger partial charge < -0.3 is 11.0 Å². The van der Waals surface area contributed by atoms with Crippen LogP contribution < -0.4 is 5.59 Å². The molecule has 0 aromatic carbocycles. The van der Waals surface area contributed by atoms with Gasteiger partial charge in [-0.3, -0.25) is 0 Å². The van der Waals surface area contributed by atoms with Gasteiger partial charge in [-0.25, -0.2) is 0 Å². The zero-order chi connectivity index (χ0) is 2.00. The minimum Gasteiger partial charge on any atom is -2.00 e. The molecular weight excluding hydrogens is 117 g/mol. The van der Waals surface area contributed by atoms with Crippen LogP contribution in [0.2, 0.25) is 0 Å². The first kappa shape index (κ1) is 76.1. The maximum absolute atomic E-state index is 7.75. The molecular formula is H3MnNO3. The molecule has 0 atom stereocenters. The molecule has 0 saturated heterocycles. The van der Waals surface area contributed by atoms with Gasteiger partial charge >= 0.3 is 17.1 Å². The first-order chi connectivity index (χ1) is 1.00. The fraction of sp³-hybridized carbons (Fsp3) is 0. The van der Waals surface area contributed by atoms with Crippen LogP contribution in [0.1, 0.15) is 0 Å². The van der Waals surface area contributed by atoms with E-state index >= 15 is 0 Å². The summed E-state index contributed by atoms with van der Waals surface area (Å²) < 4.78 is 0. The molecule has 0 aliphatic rings. The molecule has 33 valence electrons. The molecule has 0 saturated carbocycles. The predicted molar refractivity (Wildman–Crippen MR) is 7.91 cm³/mol. The molecule has 5 heavy (non-hydrogen) atoms. The fourth-order valence-electron chi connectivity index (χ4n) is 0. The molecule has 0 amide bonds. The third kappa shape index (κ3) is 10800. The number of hydrogen-bond acceptors (Lipinski definition) is 2. The van der Waals surface area contributed by atoms with Gasteiger partial charge in [0.15, 0.2) is 0 Å². The molecule has 0 unspecified atom stereocenters. The monoisotopic (exact) mass is 120 g/mol. The van der Waals surface area contributed by atoms with E-state index in [9.17, 15) is 0 Å². The van der Waals surface area contributed by atoms with Gasteiger partial charge in [-0.15, -0.1) is 0 Å². The van der Waals surface area contributed by atoms with Gasteiger partial charge in [0, 0.05) is 4.91 Å². The molecule has 0 aliphatic carbocycles. The van der Waals surface area contributed by atoms with Crippen LogP contribution in [0.25, 0.3) is 0 Å². The second-order valence-corrected chi connectivity index (χ2v) is 0. The third-order valence-corrected chi connectivity index (χ3v) is 0. The molecule has 0 aliphatic heterocycles. The van der Waals surface area contributed by atoms with Crippen molar-refractivity contribution in [3.8, 4) is 0 Å². The Hall–Kier alpha value is 0.0395. The molecule has 0 bridgehead atoms. The van der Waals surface area contributed by atoms with Crippen LogP contribution in [0.15, 0.2) is 0 Å². The normalized spacial score (nSPS) is 0.800. The quantitative estimate of drug-likeness (QED) is 0.381. The number of nitrogens with two attached hydrogens (primary N) is 1. The first-order valence-corrected chi connectivity index (χ1v) is 0.236. The third-order valence-electron chi connectivity index (χ3n) is 0. The van der Waals surface area contributed by atoms with E-state index in [4.69, 9.17) is 4.91 Å². The van der Waals surface area contributed by atoms with Crippen molar-refractivity contribution in [2.45, 2.75) is 0 Å². The largest absolute Gasteiger partial charge is 2.00 e. The molecule has 4 nitrogen and oxygen atoms in total. The van der Waals surface area contributed by atoms with E-state index in [1.54, 1.807) is 0 Å². The fourth-order valence-corrected chi connectivity index (χ4v) is 0. The Morgan fingerprint density at radius 2 is 1.20 bits per heavy atom. The first-order valence-electron chi connectivity index (χ1n) is 0.236. The van der Waals surface area contributed by atoms with Gasteiger partial charge in [-0.1, -0.05) is 0 Å². The second kappa shape index (κ2) is 23900. The van der Waals surface area contributed by atoms with Crippen molar-refractivity contribution < 1.29 is 33.6 Å². The summed E-state index contributed by atoms with van der Waals surface area (Å²) >= 11 is 0.